The smallest absolute Gasteiger partial charge is 0.255 e. The highest BCUT2D eigenvalue weighted by atomic mass is 79.9. The molecule has 1 N–H and O–H groups in total. The van der Waals surface area contributed by atoms with Gasteiger partial charge in [-0.3, -0.25) is 4.79 Å². The van der Waals surface area contributed by atoms with E-state index in [9.17, 15) is 4.79 Å². The van der Waals surface area contributed by atoms with Crippen LogP contribution < -0.4 is 14.8 Å². The van der Waals surface area contributed by atoms with Crippen molar-refractivity contribution in [1.29, 1.82) is 0 Å². The zero-order valence-corrected chi connectivity index (χ0v) is 16.0. The van der Waals surface area contributed by atoms with Crippen LogP contribution in [0.15, 0.2) is 59.6 Å². The Balaban J connectivity index is 2.12. The largest absolute Gasteiger partial charge is 0.491 e. The molecule has 0 spiro atoms. The monoisotopic (exact) mass is 403 g/mol. The van der Waals surface area contributed by atoms with Crippen LogP contribution in [0.3, 0.4) is 0 Å². The number of hydrogen-bond donors (Lipinski definition) is 1. The van der Waals surface area contributed by atoms with Crippen molar-refractivity contribution in [2.75, 3.05) is 18.5 Å². The fourth-order valence-corrected chi connectivity index (χ4v) is 2.55. The van der Waals surface area contributed by atoms with Crippen LogP contribution in [-0.2, 0) is 0 Å². The molecule has 1 amide bonds. The SMILES string of the molecule is C=CCOc1ccc(C(=O)Nc2ccccc2OCC(C)C)cc1Br. The number of carbonyl (C=O) groups excluding carboxylic acids is 1. The van der Waals surface area contributed by atoms with Gasteiger partial charge in [0.05, 0.1) is 16.8 Å². The van der Waals surface area contributed by atoms with E-state index in [4.69, 9.17) is 9.47 Å². The molecule has 0 heterocycles. The minimum Gasteiger partial charge on any atom is -0.491 e. The van der Waals surface area contributed by atoms with E-state index < -0.39 is 0 Å². The van der Waals surface area contributed by atoms with Gasteiger partial charge >= 0.3 is 0 Å². The van der Waals surface area contributed by atoms with Crippen LogP contribution in [0.4, 0.5) is 5.69 Å². The maximum atomic E-state index is 12.5. The molecule has 0 aliphatic heterocycles. The molecule has 2 rings (SSSR count). The molecule has 0 unspecified atom stereocenters. The van der Waals surface area contributed by atoms with Crippen molar-refractivity contribution in [1.82, 2.24) is 0 Å². The Morgan fingerprint density at radius 1 is 1.20 bits per heavy atom. The van der Waals surface area contributed by atoms with Crippen LogP contribution in [0.25, 0.3) is 0 Å². The molecule has 132 valence electrons. The van der Waals surface area contributed by atoms with Crippen molar-refractivity contribution >= 4 is 27.5 Å². The number of ether oxygens (including phenoxy) is 2. The van der Waals surface area contributed by atoms with Crippen LogP contribution in [-0.4, -0.2) is 19.1 Å². The molecule has 0 aliphatic carbocycles. The van der Waals surface area contributed by atoms with E-state index in [1.165, 1.54) is 0 Å². The molecule has 2 aromatic carbocycles. The molecular formula is C20H22BrNO3. The average Bonchev–Trinajstić information content (AvgIpc) is 2.59. The Bertz CT molecular complexity index is 743. The van der Waals surface area contributed by atoms with Gasteiger partial charge in [0.25, 0.3) is 5.91 Å². The van der Waals surface area contributed by atoms with Gasteiger partial charge in [0.15, 0.2) is 0 Å². The molecule has 5 heteroatoms. The number of benzene rings is 2. The van der Waals surface area contributed by atoms with Gasteiger partial charge in [-0.05, 0) is 52.2 Å². The Hall–Kier alpha value is -2.27. The number of halogens is 1. The third-order valence-electron chi connectivity index (χ3n) is 3.26. The molecule has 2 aromatic rings. The first-order valence-corrected chi connectivity index (χ1v) is 8.87. The summed E-state index contributed by atoms with van der Waals surface area (Å²) in [5.74, 6) is 1.52. The van der Waals surface area contributed by atoms with Gasteiger partial charge in [0.2, 0.25) is 0 Å². The predicted molar refractivity (Wildman–Crippen MR) is 105 cm³/mol. The van der Waals surface area contributed by atoms with Crippen LogP contribution in [0.1, 0.15) is 24.2 Å². The molecule has 0 aliphatic rings. The second-order valence-electron chi connectivity index (χ2n) is 5.90. The highest BCUT2D eigenvalue weighted by Gasteiger charge is 2.12. The summed E-state index contributed by atoms with van der Waals surface area (Å²) in [6.07, 6.45) is 1.67. The third kappa shape index (κ3) is 5.64. The Kier molecular flexibility index (Phi) is 7.07. The summed E-state index contributed by atoms with van der Waals surface area (Å²) in [6, 6.07) is 12.6. The number of para-hydroxylation sites is 2. The van der Waals surface area contributed by atoms with E-state index in [2.05, 4.69) is 41.7 Å². The number of rotatable bonds is 8. The number of nitrogens with one attached hydrogen (secondary N) is 1. The number of hydrogen-bond acceptors (Lipinski definition) is 3. The molecule has 0 saturated heterocycles. The number of carbonyl (C=O) groups is 1. The van der Waals surface area contributed by atoms with Gasteiger partial charge in [0, 0.05) is 5.56 Å². The van der Waals surface area contributed by atoms with Crippen LogP contribution in [0.2, 0.25) is 0 Å². The van der Waals surface area contributed by atoms with Crippen molar-refractivity contribution in [2.45, 2.75) is 13.8 Å². The topological polar surface area (TPSA) is 47.6 Å². The summed E-state index contributed by atoms with van der Waals surface area (Å²) >= 11 is 3.42. The van der Waals surface area contributed by atoms with E-state index in [1.54, 1.807) is 24.3 Å². The fraction of sp³-hybridized carbons (Fsp3) is 0.250. The van der Waals surface area contributed by atoms with E-state index in [0.29, 0.717) is 46.4 Å². The number of anilines is 1. The first-order valence-electron chi connectivity index (χ1n) is 8.07. The van der Waals surface area contributed by atoms with E-state index in [1.807, 2.05) is 24.3 Å². The van der Waals surface area contributed by atoms with Gasteiger partial charge in [-0.25, -0.2) is 0 Å². The van der Waals surface area contributed by atoms with Crippen molar-refractivity contribution < 1.29 is 14.3 Å². The van der Waals surface area contributed by atoms with Crippen LogP contribution >= 0.6 is 15.9 Å². The normalized spacial score (nSPS) is 10.4. The molecule has 0 fully saturated rings. The quantitative estimate of drug-likeness (QED) is 0.608. The van der Waals surface area contributed by atoms with Gasteiger partial charge in [-0.15, -0.1) is 0 Å². The molecule has 0 radical (unpaired) electrons. The van der Waals surface area contributed by atoms with Gasteiger partial charge in [-0.2, -0.15) is 0 Å². The summed E-state index contributed by atoms with van der Waals surface area (Å²) in [7, 11) is 0. The molecule has 0 saturated carbocycles. The highest BCUT2D eigenvalue weighted by molar-refractivity contribution is 9.10. The first kappa shape index (κ1) is 19.1. The maximum absolute atomic E-state index is 12.5. The lowest BCUT2D eigenvalue weighted by molar-refractivity contribution is 0.102. The van der Waals surface area contributed by atoms with Crippen molar-refractivity contribution in [2.24, 2.45) is 5.92 Å². The summed E-state index contributed by atoms with van der Waals surface area (Å²) in [5, 5.41) is 2.90. The lowest BCUT2D eigenvalue weighted by Gasteiger charge is -2.14. The average molecular weight is 404 g/mol. The predicted octanol–water partition coefficient (Wildman–Crippen LogP) is 5.30. The Labute approximate surface area is 157 Å². The van der Waals surface area contributed by atoms with Crippen molar-refractivity contribution in [3.63, 3.8) is 0 Å². The Morgan fingerprint density at radius 2 is 1.96 bits per heavy atom. The van der Waals surface area contributed by atoms with Crippen molar-refractivity contribution in [3.8, 4) is 11.5 Å². The summed E-state index contributed by atoms with van der Waals surface area (Å²) in [4.78, 5) is 12.5. The minimum atomic E-state index is -0.212. The molecule has 0 aromatic heterocycles. The van der Waals surface area contributed by atoms with Gasteiger partial charge < -0.3 is 14.8 Å². The summed E-state index contributed by atoms with van der Waals surface area (Å²) in [6.45, 7) is 8.77. The highest BCUT2D eigenvalue weighted by Crippen LogP contribution is 2.28. The van der Waals surface area contributed by atoms with Crippen LogP contribution in [0.5, 0.6) is 11.5 Å². The molecule has 0 bridgehead atoms. The Morgan fingerprint density at radius 3 is 2.64 bits per heavy atom. The lowest BCUT2D eigenvalue weighted by atomic mass is 10.2. The van der Waals surface area contributed by atoms with Gasteiger partial charge in [-0.1, -0.05) is 38.6 Å². The molecule has 4 nitrogen and oxygen atoms in total. The van der Waals surface area contributed by atoms with E-state index in [-0.39, 0.29) is 5.91 Å². The second-order valence-corrected chi connectivity index (χ2v) is 6.75. The van der Waals surface area contributed by atoms with Crippen molar-refractivity contribution in [3.05, 3.63) is 65.2 Å². The first-order chi connectivity index (χ1) is 12.0. The maximum Gasteiger partial charge on any atom is 0.255 e. The fourth-order valence-electron chi connectivity index (χ4n) is 2.05. The summed E-state index contributed by atoms with van der Waals surface area (Å²) < 4.78 is 12.0. The summed E-state index contributed by atoms with van der Waals surface area (Å²) in [5.41, 5.74) is 1.17. The van der Waals surface area contributed by atoms with E-state index in [0.717, 1.165) is 0 Å². The molecule has 25 heavy (non-hydrogen) atoms. The molecule has 0 atom stereocenters. The lowest BCUT2D eigenvalue weighted by Crippen LogP contribution is -2.14. The zero-order chi connectivity index (χ0) is 18.2. The number of amides is 1. The minimum absolute atomic E-state index is 0.212. The van der Waals surface area contributed by atoms with E-state index >= 15 is 0 Å². The van der Waals surface area contributed by atoms with Crippen LogP contribution in [0, 0.1) is 5.92 Å². The van der Waals surface area contributed by atoms with Gasteiger partial charge in [0.1, 0.15) is 18.1 Å². The molecular weight excluding hydrogens is 382 g/mol. The zero-order valence-electron chi connectivity index (χ0n) is 14.4. The standard InChI is InChI=1S/C20H22BrNO3/c1-4-11-24-18-10-9-15(12-16(18)21)20(23)22-17-7-5-6-8-19(17)25-13-14(2)3/h4-10,12,14H,1,11,13H2,2-3H3,(H,22,23). The third-order valence-corrected chi connectivity index (χ3v) is 3.88. The second kappa shape index (κ2) is 9.28.